The van der Waals surface area contributed by atoms with E-state index in [9.17, 15) is 14.7 Å². The number of ether oxygens (including phenoxy) is 3. The van der Waals surface area contributed by atoms with Crippen molar-refractivity contribution in [2.45, 2.75) is 18.9 Å². The van der Waals surface area contributed by atoms with Gasteiger partial charge in [0.1, 0.15) is 6.10 Å². The number of carbonyl (C=O) groups is 2. The van der Waals surface area contributed by atoms with Crippen molar-refractivity contribution in [2.24, 2.45) is 0 Å². The summed E-state index contributed by atoms with van der Waals surface area (Å²) in [6, 6.07) is 13.0. The number of aromatic hydroxyl groups is 1. The maximum atomic E-state index is 12.4. The van der Waals surface area contributed by atoms with Gasteiger partial charge < -0.3 is 19.3 Å². The van der Waals surface area contributed by atoms with Crippen LogP contribution in [0.1, 0.15) is 30.1 Å². The molecule has 2 rings (SSSR count). The Morgan fingerprint density at radius 3 is 2.57 bits per heavy atom. The van der Waals surface area contributed by atoms with E-state index in [0.29, 0.717) is 35.4 Å². The number of nitrogens with one attached hydrogen (secondary N) is 1. The summed E-state index contributed by atoms with van der Waals surface area (Å²) in [7, 11) is 1.43. The minimum atomic E-state index is -0.702. The summed E-state index contributed by atoms with van der Waals surface area (Å²) in [5, 5.41) is 21.5. The topological polar surface area (TPSA) is 118 Å². The largest absolute Gasteiger partial charge is 0.504 e. The number of amides is 1. The average Bonchev–Trinajstić information content (AvgIpc) is 2.76. The number of rotatable bonds is 9. The van der Waals surface area contributed by atoms with E-state index >= 15 is 0 Å². The van der Waals surface area contributed by atoms with Crippen molar-refractivity contribution < 1.29 is 28.9 Å². The molecular weight excluding hydrogens is 408 g/mol. The molecule has 8 nitrogen and oxygen atoms in total. The van der Waals surface area contributed by atoms with E-state index in [-0.39, 0.29) is 18.1 Å². The van der Waals surface area contributed by atoms with Gasteiger partial charge in [-0.25, -0.2) is 4.79 Å². The summed E-state index contributed by atoms with van der Waals surface area (Å²) in [4.78, 5) is 23.6. The first-order valence-electron chi connectivity index (χ1n) is 9.08. The van der Waals surface area contributed by atoms with Gasteiger partial charge in [-0.3, -0.25) is 10.1 Å². The summed E-state index contributed by atoms with van der Waals surface area (Å²) in [5.74, 6) is -0.240. The lowest BCUT2D eigenvalue weighted by molar-refractivity contribution is -0.140. The second-order valence-corrected chi connectivity index (χ2v) is 6.48. The van der Waals surface area contributed by atoms with Crippen molar-refractivity contribution >= 4 is 30.4 Å². The Bertz CT molecular complexity index is 911. The molecule has 0 aliphatic rings. The maximum absolute atomic E-state index is 12.4. The molecule has 9 heteroatoms. The normalized spacial score (nSPS) is 11.1. The summed E-state index contributed by atoms with van der Waals surface area (Å²) in [6.45, 7) is 0.151. The van der Waals surface area contributed by atoms with Gasteiger partial charge in [0.05, 0.1) is 31.1 Å². The third kappa shape index (κ3) is 6.90. The maximum Gasteiger partial charge on any atom is 0.412 e. The highest BCUT2D eigenvalue weighted by atomic mass is 32.1. The Morgan fingerprint density at radius 2 is 1.97 bits per heavy atom. The number of methoxy groups -OCH3 is 1. The van der Waals surface area contributed by atoms with Gasteiger partial charge in [0, 0.05) is 5.69 Å². The Morgan fingerprint density at radius 1 is 1.23 bits per heavy atom. The van der Waals surface area contributed by atoms with Crippen molar-refractivity contribution in [1.29, 1.82) is 5.26 Å². The number of anilines is 1. The number of carbonyl (C=O) groups excluding carboxylic acids is 2. The smallest absolute Gasteiger partial charge is 0.412 e. The number of nitrogens with zero attached hydrogens (tertiary/aromatic N) is 1. The lowest BCUT2D eigenvalue weighted by Gasteiger charge is -2.19. The first-order chi connectivity index (χ1) is 14.5. The van der Waals surface area contributed by atoms with E-state index in [4.69, 9.17) is 19.5 Å². The van der Waals surface area contributed by atoms with Crippen LogP contribution in [0.5, 0.6) is 11.5 Å². The van der Waals surface area contributed by atoms with Gasteiger partial charge in [-0.05, 0) is 54.8 Å². The Labute approximate surface area is 179 Å². The second-order valence-electron chi connectivity index (χ2n) is 6.16. The van der Waals surface area contributed by atoms with Crippen molar-refractivity contribution in [1.82, 2.24) is 0 Å². The molecule has 30 heavy (non-hydrogen) atoms. The van der Waals surface area contributed by atoms with E-state index in [1.165, 1.54) is 13.2 Å². The van der Waals surface area contributed by atoms with E-state index in [0.717, 1.165) is 0 Å². The van der Waals surface area contributed by atoms with Crippen LogP contribution in [0.15, 0.2) is 42.5 Å². The molecule has 0 bridgehead atoms. The molecule has 0 saturated carbocycles. The van der Waals surface area contributed by atoms with E-state index in [1.807, 2.05) is 6.07 Å². The van der Waals surface area contributed by atoms with Crippen molar-refractivity contribution in [3.05, 3.63) is 53.6 Å². The van der Waals surface area contributed by atoms with Crippen LogP contribution in [-0.2, 0) is 14.3 Å². The first-order valence-corrected chi connectivity index (χ1v) is 9.71. The zero-order valence-corrected chi connectivity index (χ0v) is 17.2. The van der Waals surface area contributed by atoms with Crippen LogP contribution in [0.3, 0.4) is 0 Å². The third-order valence-electron chi connectivity index (χ3n) is 4.09. The second kappa shape index (κ2) is 11.6. The molecule has 0 aliphatic carbocycles. The number of phenolic OH excluding ortho intramolecular Hbond substituents is 1. The van der Waals surface area contributed by atoms with Crippen LogP contribution in [0.25, 0.3) is 0 Å². The standard InChI is InChI=1S/C21H22N2O6S/c1-27-19-9-6-15(11-17(19)24)18(3-2-10-28-20(25)13-30)29-21(26)23-16-7-4-14(12-22)5-8-16/h4-9,11,18,24,30H,2-3,10,13H2,1H3,(H,23,26)/t18-/m0/s1. The number of benzene rings is 2. The summed E-state index contributed by atoms with van der Waals surface area (Å²) in [6.07, 6.45) is -0.615. The fourth-order valence-corrected chi connectivity index (χ4v) is 2.70. The van der Waals surface area contributed by atoms with E-state index in [2.05, 4.69) is 17.9 Å². The Hall–Kier alpha value is -3.38. The number of phenols is 1. The van der Waals surface area contributed by atoms with Gasteiger partial charge >= 0.3 is 12.1 Å². The molecule has 0 radical (unpaired) electrons. The van der Waals surface area contributed by atoms with Crippen LogP contribution < -0.4 is 10.1 Å². The van der Waals surface area contributed by atoms with Crippen molar-refractivity contribution in [2.75, 3.05) is 24.8 Å². The zero-order valence-electron chi connectivity index (χ0n) is 16.3. The third-order valence-corrected chi connectivity index (χ3v) is 4.35. The molecule has 0 heterocycles. The lowest BCUT2D eigenvalue weighted by Crippen LogP contribution is -2.18. The first kappa shape index (κ1) is 22.9. The molecule has 2 aromatic rings. The Kier molecular flexibility index (Phi) is 8.84. The van der Waals surface area contributed by atoms with Gasteiger partial charge in [0.25, 0.3) is 0 Å². The number of hydrogen-bond acceptors (Lipinski definition) is 8. The molecule has 1 atom stereocenters. The summed E-state index contributed by atoms with van der Waals surface area (Å²) >= 11 is 3.84. The Balaban J connectivity index is 2.07. The van der Waals surface area contributed by atoms with Crippen LogP contribution in [0, 0.1) is 11.3 Å². The van der Waals surface area contributed by atoms with Gasteiger partial charge in [-0.2, -0.15) is 17.9 Å². The molecule has 0 aromatic heterocycles. The predicted octanol–water partition coefficient (Wildman–Crippen LogP) is 3.82. The highest BCUT2D eigenvalue weighted by molar-refractivity contribution is 7.81. The minimum Gasteiger partial charge on any atom is -0.504 e. The quantitative estimate of drug-likeness (QED) is 0.314. The molecule has 0 unspecified atom stereocenters. The lowest BCUT2D eigenvalue weighted by atomic mass is 10.0. The SMILES string of the molecule is COc1ccc([C@H](CCCOC(=O)CS)OC(=O)Nc2ccc(C#N)cc2)cc1O. The molecule has 2 N–H and O–H groups in total. The van der Waals surface area contributed by atoms with Crippen molar-refractivity contribution in [3.63, 3.8) is 0 Å². The van der Waals surface area contributed by atoms with E-state index in [1.54, 1.807) is 36.4 Å². The number of hydrogen-bond donors (Lipinski definition) is 3. The molecule has 0 aliphatic heterocycles. The van der Waals surface area contributed by atoms with E-state index < -0.39 is 18.2 Å². The van der Waals surface area contributed by atoms with Gasteiger partial charge in [0.2, 0.25) is 0 Å². The molecule has 2 aromatic carbocycles. The number of thiol groups is 1. The van der Waals surface area contributed by atoms with Crippen LogP contribution >= 0.6 is 12.6 Å². The zero-order chi connectivity index (χ0) is 21.9. The molecule has 0 saturated heterocycles. The molecule has 1 amide bonds. The minimum absolute atomic E-state index is 0.0146. The number of nitriles is 1. The molecule has 158 valence electrons. The molecule has 0 fully saturated rings. The summed E-state index contributed by atoms with van der Waals surface area (Å²) < 4.78 is 15.6. The highest BCUT2D eigenvalue weighted by Gasteiger charge is 2.19. The monoisotopic (exact) mass is 430 g/mol. The molecule has 0 spiro atoms. The van der Waals surface area contributed by atoms with Gasteiger partial charge in [-0.1, -0.05) is 6.07 Å². The van der Waals surface area contributed by atoms with Crippen LogP contribution in [0.4, 0.5) is 10.5 Å². The summed E-state index contributed by atoms with van der Waals surface area (Å²) in [5.41, 5.74) is 1.50. The van der Waals surface area contributed by atoms with Crippen LogP contribution in [0.2, 0.25) is 0 Å². The van der Waals surface area contributed by atoms with Gasteiger partial charge in [-0.15, -0.1) is 0 Å². The predicted molar refractivity (Wildman–Crippen MR) is 113 cm³/mol. The average molecular weight is 430 g/mol. The number of esters is 1. The van der Waals surface area contributed by atoms with Gasteiger partial charge in [0.15, 0.2) is 11.5 Å². The van der Waals surface area contributed by atoms with Crippen molar-refractivity contribution in [3.8, 4) is 17.6 Å². The fourth-order valence-electron chi connectivity index (χ4n) is 2.61. The molecular formula is C21H22N2O6S. The van der Waals surface area contributed by atoms with Crippen LogP contribution in [-0.4, -0.2) is 36.6 Å². The fraction of sp³-hybridized carbons (Fsp3) is 0.286. The highest BCUT2D eigenvalue weighted by Crippen LogP contribution is 2.32.